The van der Waals surface area contributed by atoms with Crippen molar-refractivity contribution in [2.45, 2.75) is 124 Å². The van der Waals surface area contributed by atoms with E-state index in [2.05, 4.69) is 42.9 Å². The zero-order valence-corrected chi connectivity index (χ0v) is 29.8. The number of rotatable bonds is 19. The first-order chi connectivity index (χ1) is 21.0. The van der Waals surface area contributed by atoms with Crippen LogP contribution in [0.5, 0.6) is 5.75 Å². The lowest BCUT2D eigenvalue weighted by atomic mass is 9.92. The van der Waals surface area contributed by atoms with Crippen LogP contribution in [0.25, 0.3) is 17.0 Å². The molecule has 1 aromatic carbocycles. The molecule has 1 unspecified atom stereocenters. The standard InChI is InChI=1S/C34H52Cl3N5O2/c1-7-10-11-12-13-14-15-16-17-18-19-20-24(33(43)41(8-2)9-3)23-44-29-26(35)21-25(22-27(29)36)31-38-32-28(37)30(34(4,5)6)39-42(32)40-31/h21-22,24H,7-20,23H2,1-6H3,(H,38,40). The number of hydrogen-bond donors (Lipinski definition) is 1. The van der Waals surface area contributed by atoms with Gasteiger partial charge >= 0.3 is 0 Å². The summed E-state index contributed by atoms with van der Waals surface area (Å²) >= 11 is 20.0. The first kappa shape index (κ1) is 36.5. The highest BCUT2D eigenvalue weighted by molar-refractivity contribution is 6.37. The molecule has 1 amide bonds. The fraction of sp³-hybridized carbons (Fsp3) is 0.676. The molecule has 0 aliphatic carbocycles. The summed E-state index contributed by atoms with van der Waals surface area (Å²) < 4.78 is 7.67. The summed E-state index contributed by atoms with van der Waals surface area (Å²) in [4.78, 5) is 18.5. The number of ether oxygens (including phenoxy) is 1. The third-order valence-electron chi connectivity index (χ3n) is 8.23. The Labute approximate surface area is 279 Å². The van der Waals surface area contributed by atoms with E-state index in [0.717, 1.165) is 25.0 Å². The Morgan fingerprint density at radius 2 is 1.43 bits per heavy atom. The highest BCUT2D eigenvalue weighted by Crippen LogP contribution is 2.38. The summed E-state index contributed by atoms with van der Waals surface area (Å²) in [5.41, 5.74) is 1.85. The number of fused-ring (bicyclic) bond motifs is 1. The van der Waals surface area contributed by atoms with E-state index < -0.39 is 0 Å². The van der Waals surface area contributed by atoms with Gasteiger partial charge in [-0.25, -0.2) is 0 Å². The van der Waals surface area contributed by atoms with Crippen molar-refractivity contribution in [2.75, 3.05) is 19.7 Å². The van der Waals surface area contributed by atoms with Crippen molar-refractivity contribution in [3.63, 3.8) is 0 Å². The predicted molar refractivity (Wildman–Crippen MR) is 184 cm³/mol. The predicted octanol–water partition coefficient (Wildman–Crippen LogP) is 10.5. The van der Waals surface area contributed by atoms with E-state index in [9.17, 15) is 4.79 Å². The Morgan fingerprint density at radius 1 is 0.886 bits per heavy atom. The van der Waals surface area contributed by atoms with Crippen LogP contribution in [0, 0.1) is 5.92 Å². The number of amides is 1. The molecule has 0 radical (unpaired) electrons. The van der Waals surface area contributed by atoms with Crippen molar-refractivity contribution in [1.29, 1.82) is 0 Å². The van der Waals surface area contributed by atoms with Crippen molar-refractivity contribution in [2.24, 2.45) is 5.92 Å². The quantitative estimate of drug-likeness (QED) is 0.129. The average molecular weight is 669 g/mol. The summed E-state index contributed by atoms with van der Waals surface area (Å²) in [5.74, 6) is 0.780. The molecule has 0 spiro atoms. The van der Waals surface area contributed by atoms with E-state index >= 15 is 0 Å². The Kier molecular flexibility index (Phi) is 14.7. The van der Waals surface area contributed by atoms with Crippen LogP contribution in [0.3, 0.4) is 0 Å². The van der Waals surface area contributed by atoms with E-state index in [0.29, 0.717) is 50.9 Å². The van der Waals surface area contributed by atoms with E-state index in [1.54, 1.807) is 12.1 Å². The summed E-state index contributed by atoms with van der Waals surface area (Å²) in [6.45, 7) is 14.0. The first-order valence-electron chi connectivity index (χ1n) is 16.6. The molecule has 0 saturated heterocycles. The van der Waals surface area contributed by atoms with Gasteiger partial charge in [0.05, 0.1) is 28.3 Å². The molecule has 10 heteroatoms. The van der Waals surface area contributed by atoms with Crippen LogP contribution in [-0.4, -0.2) is 50.3 Å². The van der Waals surface area contributed by atoms with Crippen molar-refractivity contribution in [3.8, 4) is 17.1 Å². The van der Waals surface area contributed by atoms with Gasteiger partial charge < -0.3 is 14.6 Å². The third kappa shape index (κ3) is 10.0. The van der Waals surface area contributed by atoms with Gasteiger partial charge in [-0.05, 0) is 32.4 Å². The highest BCUT2D eigenvalue weighted by Gasteiger charge is 2.27. The number of carbonyl (C=O) groups is 1. The summed E-state index contributed by atoms with van der Waals surface area (Å²) in [6, 6.07) is 3.51. The average Bonchev–Trinajstić information content (AvgIpc) is 3.54. The molecular formula is C34H52Cl3N5O2. The maximum absolute atomic E-state index is 13.4. The van der Waals surface area contributed by atoms with Crippen LogP contribution >= 0.6 is 34.8 Å². The molecular weight excluding hydrogens is 617 g/mol. The van der Waals surface area contributed by atoms with Crippen LogP contribution in [0.15, 0.2) is 12.1 Å². The van der Waals surface area contributed by atoms with Gasteiger partial charge in [-0.15, -0.1) is 9.73 Å². The topological polar surface area (TPSA) is 75.5 Å². The van der Waals surface area contributed by atoms with E-state index in [1.165, 1.54) is 62.4 Å². The first-order valence-corrected chi connectivity index (χ1v) is 17.7. The molecule has 0 fully saturated rings. The van der Waals surface area contributed by atoms with E-state index in [1.807, 2.05) is 18.7 Å². The molecule has 0 aliphatic heterocycles. The zero-order valence-electron chi connectivity index (χ0n) is 27.6. The Hall–Kier alpha value is -1.96. The zero-order chi connectivity index (χ0) is 32.3. The second kappa shape index (κ2) is 17.7. The minimum absolute atomic E-state index is 0.122. The fourth-order valence-corrected chi connectivity index (χ4v) is 6.59. The lowest BCUT2D eigenvalue weighted by Crippen LogP contribution is -2.38. The number of H-pyrrole nitrogens is 1. The van der Waals surface area contributed by atoms with Crippen LogP contribution < -0.4 is 4.74 Å². The molecule has 0 bridgehead atoms. The van der Waals surface area contributed by atoms with Crippen molar-refractivity contribution in [3.05, 3.63) is 32.9 Å². The minimum Gasteiger partial charge on any atom is -0.490 e. The Bertz CT molecular complexity index is 1300. The van der Waals surface area contributed by atoms with Gasteiger partial charge in [-0.3, -0.25) is 4.79 Å². The second-order valence-electron chi connectivity index (χ2n) is 12.8. The number of nitrogens with zero attached hydrogens (tertiary/aromatic N) is 4. The number of hydrogen-bond acceptors (Lipinski definition) is 4. The molecule has 0 aliphatic rings. The number of halogens is 3. The van der Waals surface area contributed by atoms with Crippen LogP contribution in [0.2, 0.25) is 15.1 Å². The summed E-state index contributed by atoms with van der Waals surface area (Å²) in [7, 11) is 0. The number of aromatic amines is 1. The smallest absolute Gasteiger partial charge is 0.229 e. The molecule has 0 saturated carbocycles. The van der Waals surface area contributed by atoms with Gasteiger partial charge in [0.15, 0.2) is 17.2 Å². The van der Waals surface area contributed by atoms with Crippen molar-refractivity contribution < 1.29 is 9.53 Å². The lowest BCUT2D eigenvalue weighted by Gasteiger charge is -2.25. The number of unbranched alkanes of at least 4 members (excludes halogenated alkanes) is 10. The molecule has 1 N–H and O–H groups in total. The monoisotopic (exact) mass is 667 g/mol. The second-order valence-corrected chi connectivity index (χ2v) is 14.0. The fourth-order valence-electron chi connectivity index (χ4n) is 5.55. The largest absolute Gasteiger partial charge is 0.490 e. The van der Waals surface area contributed by atoms with Gasteiger partial charge in [-0.1, -0.05) is 133 Å². The molecule has 7 nitrogen and oxygen atoms in total. The number of benzene rings is 1. The Balaban J connectivity index is 1.61. The molecule has 3 aromatic rings. The maximum Gasteiger partial charge on any atom is 0.229 e. The lowest BCUT2D eigenvalue weighted by molar-refractivity contribution is -0.136. The summed E-state index contributed by atoms with van der Waals surface area (Å²) in [6.07, 6.45) is 14.8. The Morgan fingerprint density at radius 3 is 1.93 bits per heavy atom. The maximum atomic E-state index is 13.4. The molecule has 2 heterocycles. The normalized spacial score (nSPS) is 12.7. The van der Waals surface area contributed by atoms with E-state index in [-0.39, 0.29) is 23.8 Å². The van der Waals surface area contributed by atoms with Crippen LogP contribution in [-0.2, 0) is 10.2 Å². The number of nitrogens with one attached hydrogen (secondary N) is 1. The highest BCUT2D eigenvalue weighted by atomic mass is 35.5. The van der Waals surface area contributed by atoms with Gasteiger partial charge in [0, 0.05) is 24.1 Å². The van der Waals surface area contributed by atoms with Gasteiger partial charge in [-0.2, -0.15) is 5.10 Å². The van der Waals surface area contributed by atoms with Crippen molar-refractivity contribution in [1.82, 2.24) is 24.7 Å². The minimum atomic E-state index is -0.253. The van der Waals surface area contributed by atoms with Crippen LogP contribution in [0.1, 0.15) is 124 Å². The van der Waals surface area contributed by atoms with E-state index in [4.69, 9.17) is 39.5 Å². The molecule has 3 rings (SSSR count). The molecule has 1 atom stereocenters. The third-order valence-corrected chi connectivity index (χ3v) is 9.15. The SMILES string of the molecule is CCCCCCCCCCCCCC(COc1c(Cl)cc(-c2nn3nc(C(C)(C)C)c(Cl)c3[nH]2)cc1Cl)C(=O)N(CC)CC. The van der Waals surface area contributed by atoms with Gasteiger partial charge in [0.1, 0.15) is 5.02 Å². The van der Waals surface area contributed by atoms with Gasteiger partial charge in [0.2, 0.25) is 5.91 Å². The molecule has 246 valence electrons. The van der Waals surface area contributed by atoms with Crippen molar-refractivity contribution >= 4 is 46.4 Å². The molecule has 2 aromatic heterocycles. The molecule has 44 heavy (non-hydrogen) atoms. The summed E-state index contributed by atoms with van der Waals surface area (Å²) in [5, 5.41) is 10.4. The van der Waals surface area contributed by atoms with Crippen LogP contribution in [0.4, 0.5) is 0 Å². The number of carbonyl (C=O) groups excluding carboxylic acids is 1. The number of aromatic nitrogens is 4. The van der Waals surface area contributed by atoms with Gasteiger partial charge in [0.25, 0.3) is 0 Å².